The van der Waals surface area contributed by atoms with Gasteiger partial charge in [0.05, 0.1) is 36.7 Å². The minimum atomic E-state index is -1.12. The third kappa shape index (κ3) is 7.63. The van der Waals surface area contributed by atoms with Gasteiger partial charge in [-0.05, 0) is 17.5 Å². The third-order valence-corrected chi connectivity index (χ3v) is 8.90. The summed E-state index contributed by atoms with van der Waals surface area (Å²) in [5, 5.41) is 0. The summed E-state index contributed by atoms with van der Waals surface area (Å²) in [6.45, 7) is 2.43. The Balaban J connectivity index is 1.26. The van der Waals surface area contributed by atoms with Crippen LogP contribution in [0.25, 0.3) is 0 Å². The number of benzene rings is 1. The molecule has 2 fully saturated rings. The van der Waals surface area contributed by atoms with E-state index < -0.39 is 59.4 Å². The van der Waals surface area contributed by atoms with Crippen molar-refractivity contribution in [1.29, 1.82) is 0 Å². The number of cyclic esters (lactones) is 4. The molecule has 1 aromatic rings. The molecule has 8 nitrogen and oxygen atoms in total. The van der Waals surface area contributed by atoms with Crippen LogP contribution in [0.4, 0.5) is 0 Å². The maximum Gasteiger partial charge on any atom is 0.321 e. The van der Waals surface area contributed by atoms with Gasteiger partial charge < -0.3 is 14.2 Å². The fourth-order valence-electron chi connectivity index (χ4n) is 6.79. The maximum atomic E-state index is 13.5. The van der Waals surface area contributed by atoms with Crippen molar-refractivity contribution in [3.8, 4) is 0 Å². The molecule has 0 aromatic heterocycles. The summed E-state index contributed by atoms with van der Waals surface area (Å²) >= 11 is 0. The number of hydrogen-bond acceptors (Lipinski definition) is 8. The zero-order valence-electron chi connectivity index (χ0n) is 24.3. The highest BCUT2D eigenvalue weighted by Gasteiger charge is 2.61. The Kier molecular flexibility index (Phi) is 11.5. The molecule has 3 aliphatic rings. The first-order valence-corrected chi connectivity index (χ1v) is 15.7. The second-order valence-electron chi connectivity index (χ2n) is 11.8. The lowest BCUT2D eigenvalue weighted by Crippen LogP contribution is -2.44. The Morgan fingerprint density at radius 1 is 0.707 bits per heavy atom. The van der Waals surface area contributed by atoms with E-state index in [-0.39, 0.29) is 13.0 Å². The molecule has 5 atom stereocenters. The first-order valence-electron chi connectivity index (χ1n) is 15.7. The lowest BCUT2D eigenvalue weighted by atomic mass is 9.60. The van der Waals surface area contributed by atoms with E-state index in [9.17, 15) is 24.0 Å². The molecular formula is C33H44O8. The van der Waals surface area contributed by atoms with Crippen molar-refractivity contribution in [2.24, 2.45) is 17.8 Å². The van der Waals surface area contributed by atoms with Crippen LogP contribution < -0.4 is 0 Å². The summed E-state index contributed by atoms with van der Waals surface area (Å²) in [7, 11) is 0. The van der Waals surface area contributed by atoms with Crippen molar-refractivity contribution in [2.75, 3.05) is 6.61 Å². The quantitative estimate of drug-likeness (QED) is 0.0931. The zero-order chi connectivity index (χ0) is 29.2. The van der Waals surface area contributed by atoms with Crippen LogP contribution in [0.5, 0.6) is 0 Å². The number of carbonyl (C=O) groups is 5. The number of carbonyl (C=O) groups excluding carboxylic acids is 5. The molecule has 4 rings (SSSR count). The number of esters is 5. The van der Waals surface area contributed by atoms with Crippen LogP contribution in [0.1, 0.15) is 126 Å². The molecule has 8 heteroatoms. The van der Waals surface area contributed by atoms with Crippen LogP contribution >= 0.6 is 0 Å². The monoisotopic (exact) mass is 568 g/mol. The predicted molar refractivity (Wildman–Crippen MR) is 150 cm³/mol. The third-order valence-electron chi connectivity index (χ3n) is 8.90. The maximum absolute atomic E-state index is 13.5. The lowest BCUT2D eigenvalue weighted by molar-refractivity contribution is -0.161. The largest absolute Gasteiger partial charge is 0.465 e. The van der Waals surface area contributed by atoms with Crippen molar-refractivity contribution in [3.63, 3.8) is 0 Å². The van der Waals surface area contributed by atoms with Crippen LogP contribution in [0, 0.1) is 17.8 Å². The van der Waals surface area contributed by atoms with Gasteiger partial charge in [-0.25, -0.2) is 0 Å². The smallest absolute Gasteiger partial charge is 0.321 e. The Labute approximate surface area is 242 Å². The molecule has 2 saturated heterocycles. The number of fused-ring (bicyclic) bond motifs is 3. The molecule has 0 amide bonds. The van der Waals surface area contributed by atoms with Crippen LogP contribution in [0.3, 0.4) is 0 Å². The number of hydrogen-bond donors (Lipinski definition) is 0. The van der Waals surface area contributed by atoms with Gasteiger partial charge in [0.15, 0.2) is 0 Å². The number of rotatable bonds is 17. The van der Waals surface area contributed by atoms with E-state index in [4.69, 9.17) is 14.2 Å². The van der Waals surface area contributed by atoms with E-state index in [1.807, 2.05) is 0 Å². The fraction of sp³-hybridized carbons (Fsp3) is 0.667. The molecule has 1 aliphatic carbocycles. The molecule has 2 aliphatic heterocycles. The van der Waals surface area contributed by atoms with E-state index in [0.29, 0.717) is 17.5 Å². The van der Waals surface area contributed by atoms with Crippen LogP contribution in [0.15, 0.2) is 24.3 Å². The van der Waals surface area contributed by atoms with Crippen molar-refractivity contribution < 1.29 is 38.2 Å². The van der Waals surface area contributed by atoms with Gasteiger partial charge in [0, 0.05) is 5.92 Å². The molecule has 5 unspecified atom stereocenters. The van der Waals surface area contributed by atoms with Crippen LogP contribution in [-0.2, 0) is 38.2 Å². The summed E-state index contributed by atoms with van der Waals surface area (Å²) in [4.78, 5) is 63.6. The first kappa shape index (κ1) is 30.9. The minimum absolute atomic E-state index is 0.191. The molecule has 0 bridgehead atoms. The van der Waals surface area contributed by atoms with Gasteiger partial charge in [0.1, 0.15) is 0 Å². The minimum Gasteiger partial charge on any atom is -0.465 e. The molecule has 41 heavy (non-hydrogen) atoms. The second kappa shape index (κ2) is 15.3. The van der Waals surface area contributed by atoms with Crippen LogP contribution in [-0.4, -0.2) is 36.5 Å². The molecule has 1 aromatic carbocycles. The summed E-state index contributed by atoms with van der Waals surface area (Å²) < 4.78 is 15.4. The normalized spacial score (nSPS) is 25.0. The molecular weight excluding hydrogens is 524 g/mol. The lowest BCUT2D eigenvalue weighted by Gasteiger charge is -2.38. The van der Waals surface area contributed by atoms with Gasteiger partial charge in [-0.1, -0.05) is 115 Å². The van der Waals surface area contributed by atoms with E-state index in [1.54, 1.807) is 24.3 Å². The van der Waals surface area contributed by atoms with Gasteiger partial charge in [-0.15, -0.1) is 0 Å². The Hall–Kier alpha value is -3.03. The van der Waals surface area contributed by atoms with E-state index >= 15 is 0 Å². The van der Waals surface area contributed by atoms with Gasteiger partial charge in [0.2, 0.25) is 0 Å². The van der Waals surface area contributed by atoms with Crippen molar-refractivity contribution >= 4 is 29.8 Å². The standard InChI is InChI=1S/C33H44O8/c1-2-3-4-5-6-7-8-9-10-11-12-13-14-17-20-39-31(36)28-26(24-21-25(34)40-30(24)35)22-18-15-16-19-23(22)27-29(28)33(38)41-32(27)37/h15-16,18-19,24,26-29H,2-14,17,20-21H2,1H3. The van der Waals surface area contributed by atoms with Gasteiger partial charge in [-0.3, -0.25) is 24.0 Å². The summed E-state index contributed by atoms with van der Waals surface area (Å²) in [5.41, 5.74) is 1.12. The Morgan fingerprint density at radius 2 is 1.27 bits per heavy atom. The van der Waals surface area contributed by atoms with Gasteiger partial charge in [-0.2, -0.15) is 0 Å². The fourth-order valence-corrected chi connectivity index (χ4v) is 6.79. The molecule has 0 spiro atoms. The van der Waals surface area contributed by atoms with Gasteiger partial charge >= 0.3 is 29.8 Å². The average Bonchev–Trinajstić information content (AvgIpc) is 3.45. The predicted octanol–water partition coefficient (Wildman–Crippen LogP) is 6.30. The SMILES string of the molecule is CCCCCCCCCCCCCCCCOC(=O)C1C2C(=O)OC(=O)C2c2ccccc2C1C1CC(=O)OC1=O. The number of unbranched alkanes of at least 4 members (excludes halogenated alkanes) is 13. The second-order valence-corrected chi connectivity index (χ2v) is 11.8. The van der Waals surface area contributed by atoms with E-state index in [1.165, 1.54) is 64.2 Å². The molecule has 0 radical (unpaired) electrons. The van der Waals surface area contributed by atoms with E-state index in [2.05, 4.69) is 6.92 Å². The van der Waals surface area contributed by atoms with Crippen molar-refractivity contribution in [1.82, 2.24) is 0 Å². The first-order chi connectivity index (χ1) is 19.9. The highest BCUT2D eigenvalue weighted by atomic mass is 16.6. The molecule has 2 heterocycles. The van der Waals surface area contributed by atoms with Crippen molar-refractivity contribution in [3.05, 3.63) is 35.4 Å². The highest BCUT2D eigenvalue weighted by molar-refractivity contribution is 6.03. The highest BCUT2D eigenvalue weighted by Crippen LogP contribution is 2.54. The molecule has 224 valence electrons. The van der Waals surface area contributed by atoms with Crippen LogP contribution in [0.2, 0.25) is 0 Å². The molecule has 0 N–H and O–H groups in total. The number of ether oxygens (including phenoxy) is 3. The van der Waals surface area contributed by atoms with Crippen molar-refractivity contribution in [2.45, 2.75) is 115 Å². The Morgan fingerprint density at radius 3 is 1.83 bits per heavy atom. The summed E-state index contributed by atoms with van der Waals surface area (Å²) in [6, 6.07) is 6.91. The summed E-state index contributed by atoms with van der Waals surface area (Å²) in [5.74, 6) is -8.47. The molecule has 0 saturated carbocycles. The topological polar surface area (TPSA) is 113 Å². The average molecular weight is 569 g/mol. The van der Waals surface area contributed by atoms with Gasteiger partial charge in [0.25, 0.3) is 0 Å². The Bertz CT molecular complexity index is 1090. The van der Waals surface area contributed by atoms with E-state index in [0.717, 1.165) is 19.3 Å². The summed E-state index contributed by atoms with van der Waals surface area (Å²) in [6.07, 6.45) is 16.8. The zero-order valence-corrected chi connectivity index (χ0v) is 24.3.